The first-order valence-corrected chi connectivity index (χ1v) is 19.3. The Balaban J connectivity index is 0.000000276. The summed E-state index contributed by atoms with van der Waals surface area (Å²) in [6.45, 7) is 17.8. The smallest absolute Gasteiger partial charge is 0.166 e. The molecule has 0 aliphatic carbocycles. The lowest BCUT2D eigenvalue weighted by atomic mass is 9.99. The van der Waals surface area contributed by atoms with E-state index < -0.39 is 0 Å². The molecule has 4 aromatic carbocycles. The highest BCUT2D eigenvalue weighted by Crippen LogP contribution is 2.31. The lowest BCUT2D eigenvalue weighted by Gasteiger charge is -2.12. The summed E-state index contributed by atoms with van der Waals surface area (Å²) < 4.78 is 16.7. The molecule has 6 nitrogen and oxygen atoms in total. The number of ether oxygens (including phenoxy) is 3. The minimum Gasteiger partial charge on any atom is -0.496 e. The van der Waals surface area contributed by atoms with Gasteiger partial charge in [0.15, 0.2) is 17.3 Å². The number of carbonyl (C=O) groups is 3. The number of Topliss-reactive ketones (excluding diaryl/α,β-unsaturated/α-hetero) is 3. The molecule has 0 radical (unpaired) electrons. The molecule has 4 aromatic rings. The fraction of sp³-hybridized carbons (Fsp3) is 0.426. The molecule has 0 spiro atoms. The van der Waals surface area contributed by atoms with Crippen LogP contribution in [0.4, 0.5) is 0 Å². The molecular formula is C47H62O6. The zero-order chi connectivity index (χ0) is 39.2. The zero-order valence-corrected chi connectivity index (χ0v) is 33.7. The van der Waals surface area contributed by atoms with Gasteiger partial charge in [-0.1, -0.05) is 83.5 Å². The number of ketones is 3. The molecule has 0 saturated heterocycles. The van der Waals surface area contributed by atoms with Crippen molar-refractivity contribution >= 4 is 17.3 Å². The first-order chi connectivity index (χ1) is 25.5. The van der Waals surface area contributed by atoms with Crippen LogP contribution in [-0.2, 0) is 0 Å². The van der Waals surface area contributed by atoms with Gasteiger partial charge in [0.2, 0.25) is 0 Å². The van der Waals surface area contributed by atoms with Gasteiger partial charge in [0, 0.05) is 36.0 Å². The number of hydrogen-bond donors (Lipinski definition) is 0. The molecular weight excluding hydrogens is 661 g/mol. The molecule has 0 aliphatic heterocycles. The minimum absolute atomic E-state index is 0.181. The van der Waals surface area contributed by atoms with E-state index in [0.717, 1.165) is 94.9 Å². The molecule has 6 heteroatoms. The summed E-state index contributed by atoms with van der Waals surface area (Å²) in [4.78, 5) is 35.8. The summed E-state index contributed by atoms with van der Waals surface area (Å²) in [5.74, 6) is 3.58. The maximum Gasteiger partial charge on any atom is 0.166 e. The van der Waals surface area contributed by atoms with Crippen LogP contribution in [0.1, 0.15) is 135 Å². The number of methoxy groups -OCH3 is 1. The predicted octanol–water partition coefficient (Wildman–Crippen LogP) is 12.5. The Morgan fingerprint density at radius 2 is 1.23 bits per heavy atom. The van der Waals surface area contributed by atoms with Crippen molar-refractivity contribution in [3.63, 3.8) is 0 Å². The van der Waals surface area contributed by atoms with Gasteiger partial charge in [-0.2, -0.15) is 0 Å². The first kappa shape index (κ1) is 44.5. The minimum atomic E-state index is 0.181. The maximum atomic E-state index is 12.0. The molecule has 4 rings (SSSR count). The van der Waals surface area contributed by atoms with Gasteiger partial charge in [-0.15, -0.1) is 0 Å². The van der Waals surface area contributed by atoms with Crippen LogP contribution in [0.25, 0.3) is 11.1 Å². The van der Waals surface area contributed by atoms with Gasteiger partial charge in [0.25, 0.3) is 0 Å². The van der Waals surface area contributed by atoms with E-state index in [1.54, 1.807) is 7.11 Å². The second-order valence-electron chi connectivity index (χ2n) is 13.7. The Kier molecular flexibility index (Phi) is 20.6. The summed E-state index contributed by atoms with van der Waals surface area (Å²) in [7, 11) is 1.65. The molecule has 0 heterocycles. The number of rotatable bonds is 18. The molecule has 0 amide bonds. The van der Waals surface area contributed by atoms with Crippen LogP contribution in [0.5, 0.6) is 17.2 Å². The zero-order valence-electron chi connectivity index (χ0n) is 33.7. The second kappa shape index (κ2) is 24.5. The quantitative estimate of drug-likeness (QED) is 0.0951. The topological polar surface area (TPSA) is 78.9 Å². The number of hydrogen-bond acceptors (Lipinski definition) is 6. The molecule has 0 saturated carbocycles. The van der Waals surface area contributed by atoms with Crippen molar-refractivity contribution in [1.29, 1.82) is 0 Å². The van der Waals surface area contributed by atoms with Crippen molar-refractivity contribution in [2.24, 2.45) is 5.92 Å². The van der Waals surface area contributed by atoms with Crippen LogP contribution in [-0.4, -0.2) is 37.7 Å². The Bertz CT molecular complexity index is 1710. The molecule has 0 atom stereocenters. The van der Waals surface area contributed by atoms with Crippen LogP contribution in [0.15, 0.2) is 84.9 Å². The summed E-state index contributed by atoms with van der Waals surface area (Å²) in [5, 5.41) is 0. The van der Waals surface area contributed by atoms with Crippen molar-refractivity contribution in [2.45, 2.75) is 107 Å². The fourth-order valence-corrected chi connectivity index (χ4v) is 5.47. The second-order valence-corrected chi connectivity index (χ2v) is 13.7. The lowest BCUT2D eigenvalue weighted by molar-refractivity contribution is 0.0970. The van der Waals surface area contributed by atoms with Gasteiger partial charge in [0.05, 0.1) is 25.9 Å². The fourth-order valence-electron chi connectivity index (χ4n) is 5.47. The molecule has 0 aromatic heterocycles. The van der Waals surface area contributed by atoms with E-state index in [2.05, 4.69) is 20.8 Å². The van der Waals surface area contributed by atoms with Gasteiger partial charge in [-0.3, -0.25) is 14.4 Å². The van der Waals surface area contributed by atoms with Gasteiger partial charge in [-0.25, -0.2) is 0 Å². The third-order valence-electron chi connectivity index (χ3n) is 8.40. The van der Waals surface area contributed by atoms with Gasteiger partial charge >= 0.3 is 0 Å². The molecule has 0 unspecified atom stereocenters. The Hall–Kier alpha value is -4.71. The van der Waals surface area contributed by atoms with Crippen LogP contribution in [0.2, 0.25) is 0 Å². The van der Waals surface area contributed by atoms with Gasteiger partial charge < -0.3 is 14.2 Å². The van der Waals surface area contributed by atoms with Crippen LogP contribution < -0.4 is 14.2 Å². The van der Waals surface area contributed by atoms with Crippen molar-refractivity contribution in [2.75, 3.05) is 20.3 Å². The highest BCUT2D eigenvalue weighted by Gasteiger charge is 2.13. The van der Waals surface area contributed by atoms with Crippen LogP contribution in [0, 0.1) is 19.8 Å². The van der Waals surface area contributed by atoms with E-state index in [-0.39, 0.29) is 17.3 Å². The number of aryl methyl sites for hydroxylation is 2. The average Bonchev–Trinajstić information content (AvgIpc) is 3.15. The normalized spacial score (nSPS) is 10.4. The van der Waals surface area contributed by atoms with E-state index in [0.29, 0.717) is 31.8 Å². The standard InChI is InChI=1S/C17H18O2.C16H24O2.C14H20O2/c1-3-7-16(18)14-10-11-17(19-2)15(12-14)13-8-5-4-6-9-13;1-5-6-15(17)14-11-13(4)7-8-16(14)18-10-9-12(2)3;1-4-6-14(15)13-8-7-12(10-11(13)3)16-9-5-2/h4-6,8-12H,3,7H2,1-2H3;7-8,11-12H,5-6,9-10H2,1-4H3;7-8,10H,4-6,9H2,1-3H3. The Morgan fingerprint density at radius 1 is 0.604 bits per heavy atom. The molecule has 0 N–H and O–H groups in total. The van der Waals surface area contributed by atoms with E-state index in [4.69, 9.17) is 14.2 Å². The van der Waals surface area contributed by atoms with E-state index in [1.165, 1.54) is 0 Å². The summed E-state index contributed by atoms with van der Waals surface area (Å²) in [5.41, 5.74) is 6.45. The highest BCUT2D eigenvalue weighted by molar-refractivity contribution is 5.99. The molecule has 53 heavy (non-hydrogen) atoms. The van der Waals surface area contributed by atoms with E-state index >= 15 is 0 Å². The largest absolute Gasteiger partial charge is 0.496 e. The Labute approximate surface area is 319 Å². The van der Waals surface area contributed by atoms with E-state index in [1.807, 2.05) is 120 Å². The summed E-state index contributed by atoms with van der Waals surface area (Å²) in [6, 6.07) is 27.1. The molecule has 0 fully saturated rings. The monoisotopic (exact) mass is 722 g/mol. The SMILES string of the molecule is CCCC(=O)c1cc(C)ccc1OCCC(C)C.CCCC(=O)c1ccc(OC)c(-c2ccccc2)c1.CCCOc1ccc(C(=O)CCC)c(C)c1. The third kappa shape index (κ3) is 15.4. The predicted molar refractivity (Wildman–Crippen MR) is 219 cm³/mol. The number of benzene rings is 4. The first-order valence-electron chi connectivity index (χ1n) is 19.3. The maximum absolute atomic E-state index is 12.0. The molecule has 0 bridgehead atoms. The molecule has 286 valence electrons. The lowest BCUT2D eigenvalue weighted by Crippen LogP contribution is -2.07. The average molecular weight is 723 g/mol. The van der Waals surface area contributed by atoms with Crippen molar-refractivity contribution < 1.29 is 28.6 Å². The van der Waals surface area contributed by atoms with Crippen molar-refractivity contribution in [3.05, 3.63) is 113 Å². The number of carbonyl (C=O) groups excluding carboxylic acids is 3. The molecule has 0 aliphatic rings. The van der Waals surface area contributed by atoms with Gasteiger partial charge in [0.1, 0.15) is 17.2 Å². The van der Waals surface area contributed by atoms with E-state index in [9.17, 15) is 14.4 Å². The third-order valence-corrected chi connectivity index (χ3v) is 8.40. The van der Waals surface area contributed by atoms with Crippen LogP contribution in [0.3, 0.4) is 0 Å². The van der Waals surface area contributed by atoms with Gasteiger partial charge in [-0.05, 0) is 112 Å². The van der Waals surface area contributed by atoms with Crippen LogP contribution >= 0.6 is 0 Å². The Morgan fingerprint density at radius 3 is 1.81 bits per heavy atom. The summed E-state index contributed by atoms with van der Waals surface area (Å²) >= 11 is 0. The van der Waals surface area contributed by atoms with Crippen molar-refractivity contribution in [1.82, 2.24) is 0 Å². The summed E-state index contributed by atoms with van der Waals surface area (Å²) in [6.07, 6.45) is 6.43. The highest BCUT2D eigenvalue weighted by atomic mass is 16.5. The van der Waals surface area contributed by atoms with Crippen molar-refractivity contribution in [3.8, 4) is 28.4 Å².